The van der Waals surface area contributed by atoms with Crippen LogP contribution in [0.4, 0.5) is 0 Å². The van der Waals surface area contributed by atoms with Gasteiger partial charge in [-0.25, -0.2) is 13.4 Å². The molecule has 0 aliphatic carbocycles. The van der Waals surface area contributed by atoms with E-state index in [0.717, 1.165) is 42.2 Å². The number of thiazole rings is 1. The van der Waals surface area contributed by atoms with E-state index >= 15 is 0 Å². The first-order valence-electron chi connectivity index (χ1n) is 8.27. The number of benzene rings is 1. The maximum Gasteiger partial charge on any atom is 0.243 e. The molecule has 1 aromatic carbocycles. The number of halogens is 1. The minimum Gasteiger partial charge on any atom is -0.315 e. The van der Waals surface area contributed by atoms with Gasteiger partial charge in [-0.3, -0.25) is 0 Å². The SMILES string of the molecule is CCCN(C1CCNC1)S(=O)(=O)c1cccc(-c2nc(C)cs2)c1.Cl. The van der Waals surface area contributed by atoms with Crippen LogP contribution in [0.15, 0.2) is 34.5 Å². The summed E-state index contributed by atoms with van der Waals surface area (Å²) in [7, 11) is -3.50. The van der Waals surface area contributed by atoms with Crippen LogP contribution in [0.3, 0.4) is 0 Å². The van der Waals surface area contributed by atoms with E-state index in [0.29, 0.717) is 11.4 Å². The fourth-order valence-corrected chi connectivity index (χ4v) is 5.60. The minimum atomic E-state index is -3.50. The lowest BCUT2D eigenvalue weighted by Gasteiger charge is -2.27. The van der Waals surface area contributed by atoms with Gasteiger partial charge in [0.1, 0.15) is 5.01 Å². The zero-order chi connectivity index (χ0) is 17.2. The Bertz CT molecular complexity index is 802. The van der Waals surface area contributed by atoms with E-state index in [9.17, 15) is 8.42 Å². The molecule has 0 amide bonds. The molecule has 5 nitrogen and oxygen atoms in total. The molecule has 0 radical (unpaired) electrons. The van der Waals surface area contributed by atoms with Gasteiger partial charge in [-0.2, -0.15) is 4.31 Å². The summed E-state index contributed by atoms with van der Waals surface area (Å²) >= 11 is 1.54. The van der Waals surface area contributed by atoms with Crippen LogP contribution in [0.2, 0.25) is 0 Å². The van der Waals surface area contributed by atoms with E-state index in [-0.39, 0.29) is 18.4 Å². The highest BCUT2D eigenvalue weighted by Crippen LogP contribution is 2.28. The first-order chi connectivity index (χ1) is 11.5. The second-order valence-electron chi connectivity index (χ2n) is 6.08. The van der Waals surface area contributed by atoms with Crippen molar-refractivity contribution in [3.63, 3.8) is 0 Å². The molecule has 138 valence electrons. The van der Waals surface area contributed by atoms with Crippen molar-refractivity contribution < 1.29 is 8.42 Å². The second-order valence-corrected chi connectivity index (χ2v) is 8.83. The topological polar surface area (TPSA) is 62.3 Å². The third kappa shape index (κ3) is 4.41. The largest absolute Gasteiger partial charge is 0.315 e. The summed E-state index contributed by atoms with van der Waals surface area (Å²) in [6.45, 7) is 6.11. The standard InChI is InChI=1S/C17H23N3O2S2.ClH/c1-3-9-20(15-7-8-18-11-15)24(21,22)16-6-4-5-14(10-16)17-19-13(2)12-23-17;/h4-6,10,12,15,18H,3,7-9,11H2,1-2H3;1H. The molecule has 1 N–H and O–H groups in total. The van der Waals surface area contributed by atoms with Crippen LogP contribution in [-0.4, -0.2) is 43.4 Å². The van der Waals surface area contributed by atoms with Gasteiger partial charge in [0.25, 0.3) is 0 Å². The van der Waals surface area contributed by atoms with Gasteiger partial charge >= 0.3 is 0 Å². The van der Waals surface area contributed by atoms with Crippen molar-refractivity contribution in [3.8, 4) is 10.6 Å². The Morgan fingerprint density at radius 3 is 2.80 bits per heavy atom. The normalized spacial score (nSPS) is 17.6. The zero-order valence-corrected chi connectivity index (χ0v) is 16.9. The zero-order valence-electron chi connectivity index (χ0n) is 14.4. The molecule has 0 saturated carbocycles. The summed E-state index contributed by atoms with van der Waals surface area (Å²) in [4.78, 5) is 4.82. The van der Waals surface area contributed by atoms with Gasteiger partial charge in [-0.1, -0.05) is 19.1 Å². The van der Waals surface area contributed by atoms with E-state index in [1.807, 2.05) is 25.3 Å². The van der Waals surface area contributed by atoms with Crippen LogP contribution in [-0.2, 0) is 10.0 Å². The molecule has 1 unspecified atom stereocenters. The van der Waals surface area contributed by atoms with Crippen molar-refractivity contribution in [2.45, 2.75) is 37.6 Å². The Balaban J connectivity index is 0.00000225. The van der Waals surface area contributed by atoms with Gasteiger partial charge in [0.15, 0.2) is 0 Å². The van der Waals surface area contributed by atoms with Gasteiger partial charge in [-0.05, 0) is 38.4 Å². The highest BCUT2D eigenvalue weighted by molar-refractivity contribution is 7.89. The summed E-state index contributed by atoms with van der Waals surface area (Å²) in [5, 5.41) is 6.09. The molecule has 2 aromatic rings. The van der Waals surface area contributed by atoms with Crippen LogP contribution in [0.5, 0.6) is 0 Å². The van der Waals surface area contributed by atoms with Crippen molar-refractivity contribution in [1.29, 1.82) is 0 Å². The first kappa shape index (κ1) is 20.3. The van der Waals surface area contributed by atoms with Gasteiger partial charge < -0.3 is 5.32 Å². The number of aryl methyl sites for hydroxylation is 1. The number of rotatable bonds is 6. The van der Waals surface area contributed by atoms with E-state index in [2.05, 4.69) is 10.3 Å². The summed E-state index contributed by atoms with van der Waals surface area (Å²) in [6, 6.07) is 7.19. The average Bonchev–Trinajstić information content (AvgIpc) is 3.24. The maximum atomic E-state index is 13.2. The summed E-state index contributed by atoms with van der Waals surface area (Å²) < 4.78 is 28.0. The third-order valence-electron chi connectivity index (χ3n) is 4.19. The lowest BCUT2D eigenvalue weighted by Crippen LogP contribution is -2.42. The lowest BCUT2D eigenvalue weighted by atomic mass is 10.2. The van der Waals surface area contributed by atoms with Crippen LogP contribution in [0.1, 0.15) is 25.5 Å². The fourth-order valence-electron chi connectivity index (χ4n) is 3.02. The molecule has 1 atom stereocenters. The number of hydrogen-bond acceptors (Lipinski definition) is 5. The summed E-state index contributed by atoms with van der Waals surface area (Å²) in [5.41, 5.74) is 1.81. The molecule has 1 aliphatic rings. The van der Waals surface area contributed by atoms with E-state index in [1.165, 1.54) is 11.3 Å². The molecule has 1 aromatic heterocycles. The number of aromatic nitrogens is 1. The minimum absolute atomic E-state index is 0. The van der Waals surface area contributed by atoms with Gasteiger partial charge in [0.2, 0.25) is 10.0 Å². The van der Waals surface area contributed by atoms with Gasteiger partial charge in [0, 0.05) is 35.8 Å². The monoisotopic (exact) mass is 401 g/mol. The summed E-state index contributed by atoms with van der Waals surface area (Å²) in [5.74, 6) is 0. The van der Waals surface area contributed by atoms with Crippen LogP contribution in [0, 0.1) is 6.92 Å². The van der Waals surface area contributed by atoms with E-state index in [4.69, 9.17) is 0 Å². The number of nitrogens with zero attached hydrogens (tertiary/aromatic N) is 2. The molecule has 3 rings (SSSR count). The number of sulfonamides is 1. The average molecular weight is 402 g/mol. The van der Waals surface area contributed by atoms with E-state index < -0.39 is 10.0 Å². The van der Waals surface area contributed by atoms with Gasteiger partial charge in [-0.15, -0.1) is 23.7 Å². The summed E-state index contributed by atoms with van der Waals surface area (Å²) in [6.07, 6.45) is 1.67. The molecule has 0 spiro atoms. The molecular formula is C17H24ClN3O2S2. The van der Waals surface area contributed by atoms with Crippen molar-refractivity contribution in [2.75, 3.05) is 19.6 Å². The predicted octanol–water partition coefficient (Wildman–Crippen LogP) is 3.30. The van der Waals surface area contributed by atoms with Crippen molar-refractivity contribution >= 4 is 33.8 Å². The Morgan fingerprint density at radius 2 is 2.20 bits per heavy atom. The van der Waals surface area contributed by atoms with Crippen LogP contribution in [0.25, 0.3) is 10.6 Å². The van der Waals surface area contributed by atoms with Gasteiger partial charge in [0.05, 0.1) is 4.90 Å². The third-order valence-corrected chi connectivity index (χ3v) is 7.15. The molecule has 0 bridgehead atoms. The smallest absolute Gasteiger partial charge is 0.243 e. The quantitative estimate of drug-likeness (QED) is 0.806. The molecule has 25 heavy (non-hydrogen) atoms. The first-order valence-corrected chi connectivity index (χ1v) is 10.6. The maximum absolute atomic E-state index is 13.2. The molecule has 1 fully saturated rings. The number of nitrogens with one attached hydrogen (secondary N) is 1. The van der Waals surface area contributed by atoms with Crippen molar-refractivity contribution in [3.05, 3.63) is 35.3 Å². The highest BCUT2D eigenvalue weighted by Gasteiger charge is 2.32. The number of hydrogen-bond donors (Lipinski definition) is 1. The Morgan fingerprint density at radius 1 is 1.40 bits per heavy atom. The van der Waals surface area contributed by atoms with Crippen LogP contribution < -0.4 is 5.32 Å². The Labute approximate surface area is 159 Å². The molecule has 1 saturated heterocycles. The highest BCUT2D eigenvalue weighted by atomic mass is 35.5. The Kier molecular flexibility index (Phi) is 6.99. The fraction of sp³-hybridized carbons (Fsp3) is 0.471. The predicted molar refractivity (Wildman–Crippen MR) is 105 cm³/mol. The van der Waals surface area contributed by atoms with E-state index in [1.54, 1.807) is 22.5 Å². The van der Waals surface area contributed by atoms with Crippen molar-refractivity contribution in [2.24, 2.45) is 0 Å². The second kappa shape index (κ2) is 8.60. The molecule has 1 aliphatic heterocycles. The molecular weight excluding hydrogens is 378 g/mol. The Hall–Kier alpha value is -0.990. The molecule has 8 heteroatoms. The lowest BCUT2D eigenvalue weighted by molar-refractivity contribution is 0.335. The van der Waals surface area contributed by atoms with Crippen molar-refractivity contribution in [1.82, 2.24) is 14.6 Å². The van der Waals surface area contributed by atoms with Crippen LogP contribution >= 0.6 is 23.7 Å². The molecule has 2 heterocycles.